The summed E-state index contributed by atoms with van der Waals surface area (Å²) in [5.41, 5.74) is 0.809. The molecule has 1 heterocycles. The first-order valence-electron chi connectivity index (χ1n) is 7.43. The van der Waals surface area contributed by atoms with Crippen molar-refractivity contribution < 1.29 is 13.2 Å². The van der Waals surface area contributed by atoms with Gasteiger partial charge in [0.15, 0.2) is 5.82 Å². The highest BCUT2D eigenvalue weighted by molar-refractivity contribution is 7.92. The monoisotopic (exact) mass is 356 g/mol. The maximum atomic E-state index is 12.4. The predicted octanol–water partition coefficient (Wildman–Crippen LogP) is 2.47. The fourth-order valence-electron chi connectivity index (χ4n) is 2.18. The van der Waals surface area contributed by atoms with Crippen LogP contribution in [0.5, 0.6) is 0 Å². The SMILES string of the molecule is Cn1ccc(NC(=O)c2ccc(S(=O)(=O)Nc3ccccc3)cc2)n1. The number of carbonyl (C=O) groups excluding carboxylic acids is 1. The lowest BCUT2D eigenvalue weighted by Crippen LogP contribution is -2.15. The van der Waals surface area contributed by atoms with Gasteiger partial charge >= 0.3 is 0 Å². The van der Waals surface area contributed by atoms with Crippen LogP contribution in [0.1, 0.15) is 10.4 Å². The van der Waals surface area contributed by atoms with Gasteiger partial charge in [0.05, 0.1) is 4.90 Å². The molecule has 2 aromatic carbocycles. The highest BCUT2D eigenvalue weighted by Gasteiger charge is 2.15. The number of rotatable bonds is 5. The summed E-state index contributed by atoms with van der Waals surface area (Å²) in [6.07, 6.45) is 1.71. The molecule has 3 rings (SSSR count). The molecular formula is C17H16N4O3S. The Morgan fingerprint density at radius 3 is 2.28 bits per heavy atom. The van der Waals surface area contributed by atoms with Gasteiger partial charge < -0.3 is 5.32 Å². The molecule has 3 aromatic rings. The predicted molar refractivity (Wildman–Crippen MR) is 94.9 cm³/mol. The first kappa shape index (κ1) is 16.7. The summed E-state index contributed by atoms with van der Waals surface area (Å²) in [6.45, 7) is 0. The summed E-state index contributed by atoms with van der Waals surface area (Å²) in [7, 11) is -1.96. The topological polar surface area (TPSA) is 93.1 Å². The molecule has 2 N–H and O–H groups in total. The Balaban J connectivity index is 1.74. The Hall–Kier alpha value is -3.13. The van der Waals surface area contributed by atoms with Gasteiger partial charge in [-0.3, -0.25) is 14.2 Å². The fourth-order valence-corrected chi connectivity index (χ4v) is 3.23. The second kappa shape index (κ2) is 6.78. The van der Waals surface area contributed by atoms with E-state index >= 15 is 0 Å². The molecule has 0 radical (unpaired) electrons. The van der Waals surface area contributed by atoms with Gasteiger partial charge in [-0.15, -0.1) is 0 Å². The first-order chi connectivity index (χ1) is 11.9. The van der Waals surface area contributed by atoms with Crippen molar-refractivity contribution in [1.29, 1.82) is 0 Å². The zero-order chi connectivity index (χ0) is 17.9. The van der Waals surface area contributed by atoms with Crippen molar-refractivity contribution in [3.63, 3.8) is 0 Å². The van der Waals surface area contributed by atoms with Gasteiger partial charge in [-0.2, -0.15) is 5.10 Å². The van der Waals surface area contributed by atoms with Crippen LogP contribution in [0.25, 0.3) is 0 Å². The molecule has 0 aliphatic carbocycles. The third-order valence-electron chi connectivity index (χ3n) is 3.41. The van der Waals surface area contributed by atoms with Crippen LogP contribution in [0.15, 0.2) is 71.8 Å². The molecule has 0 aliphatic heterocycles. The smallest absolute Gasteiger partial charge is 0.261 e. The number of carbonyl (C=O) groups is 1. The van der Waals surface area contributed by atoms with Gasteiger partial charge in [-0.05, 0) is 36.4 Å². The normalized spacial score (nSPS) is 11.1. The zero-order valence-corrected chi connectivity index (χ0v) is 14.2. The lowest BCUT2D eigenvalue weighted by molar-refractivity contribution is 0.102. The van der Waals surface area contributed by atoms with Crippen LogP contribution in [0.2, 0.25) is 0 Å². The number of nitrogens with zero attached hydrogens (tertiary/aromatic N) is 2. The van der Waals surface area contributed by atoms with Crippen molar-refractivity contribution in [2.24, 2.45) is 7.05 Å². The van der Waals surface area contributed by atoms with Gasteiger partial charge in [-0.1, -0.05) is 18.2 Å². The molecule has 7 nitrogen and oxygen atoms in total. The lowest BCUT2D eigenvalue weighted by atomic mass is 10.2. The Kier molecular flexibility index (Phi) is 4.53. The zero-order valence-electron chi connectivity index (χ0n) is 13.4. The van der Waals surface area contributed by atoms with Crippen molar-refractivity contribution in [3.8, 4) is 0 Å². The Labute approximate surface area is 145 Å². The van der Waals surface area contributed by atoms with Gasteiger partial charge in [0.25, 0.3) is 15.9 Å². The minimum Gasteiger partial charge on any atom is -0.305 e. The highest BCUT2D eigenvalue weighted by Crippen LogP contribution is 2.17. The summed E-state index contributed by atoms with van der Waals surface area (Å²) < 4.78 is 28.8. The van der Waals surface area contributed by atoms with E-state index in [-0.39, 0.29) is 10.8 Å². The van der Waals surface area contributed by atoms with Gasteiger partial charge in [0.1, 0.15) is 0 Å². The Bertz CT molecular complexity index is 980. The van der Waals surface area contributed by atoms with Crippen LogP contribution < -0.4 is 10.0 Å². The van der Waals surface area contributed by atoms with Gasteiger partial charge in [-0.25, -0.2) is 8.42 Å². The molecule has 0 bridgehead atoms. The number of anilines is 2. The van der Waals surface area contributed by atoms with E-state index in [4.69, 9.17) is 0 Å². The number of aryl methyl sites for hydroxylation is 1. The van der Waals surface area contributed by atoms with Crippen molar-refractivity contribution in [3.05, 3.63) is 72.4 Å². The molecule has 1 aromatic heterocycles. The number of nitrogens with one attached hydrogen (secondary N) is 2. The van der Waals surface area contributed by atoms with Crippen LogP contribution >= 0.6 is 0 Å². The lowest BCUT2D eigenvalue weighted by Gasteiger charge is -2.08. The number of aromatic nitrogens is 2. The molecule has 0 aliphatic rings. The molecule has 0 fully saturated rings. The first-order valence-corrected chi connectivity index (χ1v) is 8.91. The third-order valence-corrected chi connectivity index (χ3v) is 4.81. The standard InChI is InChI=1S/C17H16N4O3S/c1-21-12-11-16(19-21)18-17(22)13-7-9-15(10-8-13)25(23,24)20-14-5-3-2-4-6-14/h2-12,20H,1H3,(H,18,19,22). The summed E-state index contributed by atoms with van der Waals surface area (Å²) in [6, 6.07) is 15.9. The van der Waals surface area contributed by atoms with E-state index in [9.17, 15) is 13.2 Å². The van der Waals surface area contributed by atoms with Gasteiger partial charge in [0, 0.05) is 30.6 Å². The number of amides is 1. The van der Waals surface area contributed by atoms with Crippen LogP contribution in [-0.2, 0) is 17.1 Å². The number of para-hydroxylation sites is 1. The van der Waals surface area contributed by atoms with Crippen LogP contribution in [0.3, 0.4) is 0 Å². The molecule has 0 atom stereocenters. The quantitative estimate of drug-likeness (QED) is 0.734. The summed E-state index contributed by atoms with van der Waals surface area (Å²) in [5.74, 6) is 0.0635. The summed E-state index contributed by atoms with van der Waals surface area (Å²) in [4.78, 5) is 12.2. The van der Waals surface area contributed by atoms with Crippen molar-refractivity contribution in [2.45, 2.75) is 4.90 Å². The maximum absolute atomic E-state index is 12.4. The largest absolute Gasteiger partial charge is 0.305 e. The molecular weight excluding hydrogens is 340 g/mol. The Morgan fingerprint density at radius 2 is 1.68 bits per heavy atom. The summed E-state index contributed by atoms with van der Waals surface area (Å²) >= 11 is 0. The van der Waals surface area contributed by atoms with E-state index in [1.807, 2.05) is 0 Å². The van der Waals surface area contributed by atoms with Gasteiger partial charge in [0.2, 0.25) is 0 Å². The fraction of sp³-hybridized carbons (Fsp3) is 0.0588. The van der Waals surface area contributed by atoms with Crippen molar-refractivity contribution in [2.75, 3.05) is 10.0 Å². The minimum atomic E-state index is -3.71. The average Bonchev–Trinajstić information content (AvgIpc) is 3.00. The minimum absolute atomic E-state index is 0.0748. The molecule has 25 heavy (non-hydrogen) atoms. The van der Waals surface area contributed by atoms with E-state index in [0.29, 0.717) is 17.1 Å². The molecule has 1 amide bonds. The number of hydrogen-bond acceptors (Lipinski definition) is 4. The van der Waals surface area contributed by atoms with Crippen LogP contribution in [0, 0.1) is 0 Å². The van der Waals surface area contributed by atoms with Crippen LogP contribution in [0.4, 0.5) is 11.5 Å². The molecule has 128 valence electrons. The van der Waals surface area contributed by atoms with E-state index in [2.05, 4.69) is 15.1 Å². The molecule has 0 unspecified atom stereocenters. The number of sulfonamides is 1. The van der Waals surface area contributed by atoms with Crippen molar-refractivity contribution >= 4 is 27.4 Å². The highest BCUT2D eigenvalue weighted by atomic mass is 32.2. The third kappa shape index (κ3) is 4.04. The summed E-state index contributed by atoms with van der Waals surface area (Å²) in [5, 5.41) is 6.70. The number of benzene rings is 2. The number of hydrogen-bond donors (Lipinski definition) is 2. The van der Waals surface area contributed by atoms with E-state index in [1.165, 1.54) is 24.3 Å². The van der Waals surface area contributed by atoms with Crippen LogP contribution in [-0.4, -0.2) is 24.1 Å². The second-order valence-corrected chi connectivity index (χ2v) is 7.01. The average molecular weight is 356 g/mol. The van der Waals surface area contributed by atoms with E-state index in [0.717, 1.165) is 0 Å². The molecule has 8 heteroatoms. The molecule has 0 spiro atoms. The van der Waals surface area contributed by atoms with Crippen molar-refractivity contribution in [1.82, 2.24) is 9.78 Å². The molecule has 0 saturated carbocycles. The van der Waals surface area contributed by atoms with E-state index in [1.54, 1.807) is 54.3 Å². The van der Waals surface area contributed by atoms with E-state index < -0.39 is 10.0 Å². The second-order valence-electron chi connectivity index (χ2n) is 5.32. The maximum Gasteiger partial charge on any atom is 0.261 e. The molecule has 0 saturated heterocycles. The Morgan fingerprint density at radius 1 is 1.00 bits per heavy atom.